The van der Waals surface area contributed by atoms with Gasteiger partial charge in [0.1, 0.15) is 5.75 Å². The van der Waals surface area contributed by atoms with Crippen LogP contribution >= 0.6 is 0 Å². The highest BCUT2D eigenvalue weighted by atomic mass is 19.4. The Morgan fingerprint density at radius 2 is 1.88 bits per heavy atom. The summed E-state index contributed by atoms with van der Waals surface area (Å²) >= 11 is 0. The number of carbonyl (C=O) groups is 1. The highest BCUT2D eigenvalue weighted by Crippen LogP contribution is 2.36. The van der Waals surface area contributed by atoms with Crippen molar-refractivity contribution in [1.82, 2.24) is 0 Å². The van der Waals surface area contributed by atoms with E-state index in [0.717, 1.165) is 6.07 Å². The summed E-state index contributed by atoms with van der Waals surface area (Å²) in [6.45, 7) is 2.68. The first-order valence-electron chi connectivity index (χ1n) is 4.65. The van der Waals surface area contributed by atoms with Gasteiger partial charge in [0, 0.05) is 0 Å². The molecule has 1 rings (SSSR count). The molecule has 0 saturated carbocycles. The summed E-state index contributed by atoms with van der Waals surface area (Å²) in [7, 11) is 0. The van der Waals surface area contributed by atoms with Gasteiger partial charge in [-0.2, -0.15) is 13.2 Å². The number of rotatable bonds is 3. The van der Waals surface area contributed by atoms with Gasteiger partial charge in [-0.1, -0.05) is 12.1 Å². The lowest BCUT2D eigenvalue weighted by Crippen LogP contribution is -2.22. The van der Waals surface area contributed by atoms with E-state index in [1.165, 1.54) is 32.0 Å². The second-order valence-corrected chi connectivity index (χ2v) is 3.36. The van der Waals surface area contributed by atoms with Crippen LogP contribution in [0, 0.1) is 0 Å². The van der Waals surface area contributed by atoms with E-state index in [2.05, 4.69) is 0 Å². The maximum Gasteiger partial charge on any atom is 0.419 e. The quantitative estimate of drug-likeness (QED) is 0.800. The van der Waals surface area contributed by atoms with Crippen LogP contribution in [0.4, 0.5) is 13.2 Å². The second kappa shape index (κ2) is 4.55. The molecule has 0 aliphatic heterocycles. The van der Waals surface area contributed by atoms with Crippen molar-refractivity contribution in [3.8, 4) is 5.75 Å². The molecule has 0 aliphatic rings. The van der Waals surface area contributed by atoms with Crippen molar-refractivity contribution in [1.29, 1.82) is 0 Å². The lowest BCUT2D eigenvalue weighted by molar-refractivity contribution is -0.140. The highest BCUT2D eigenvalue weighted by Gasteiger charge is 2.34. The zero-order valence-corrected chi connectivity index (χ0v) is 8.84. The molecule has 0 aliphatic carbocycles. The highest BCUT2D eigenvalue weighted by molar-refractivity contribution is 5.80. The van der Waals surface area contributed by atoms with Gasteiger partial charge in [0.05, 0.1) is 5.56 Å². The van der Waals surface area contributed by atoms with Crippen LogP contribution in [-0.4, -0.2) is 11.9 Å². The van der Waals surface area contributed by atoms with Crippen molar-refractivity contribution in [2.24, 2.45) is 0 Å². The number of ketones is 1. The molecule has 0 spiro atoms. The fourth-order valence-corrected chi connectivity index (χ4v) is 1.08. The molecule has 0 N–H and O–H groups in total. The summed E-state index contributed by atoms with van der Waals surface area (Å²) in [5.41, 5.74) is -0.872. The van der Waals surface area contributed by atoms with E-state index in [-0.39, 0.29) is 11.5 Å². The minimum absolute atomic E-state index is 0.322. The fourth-order valence-electron chi connectivity index (χ4n) is 1.08. The Morgan fingerprint density at radius 3 is 2.38 bits per heavy atom. The summed E-state index contributed by atoms with van der Waals surface area (Å²) in [6, 6.07) is 4.82. The molecule has 0 amide bonds. The number of alkyl halides is 3. The van der Waals surface area contributed by atoms with Gasteiger partial charge in [-0.15, -0.1) is 0 Å². The van der Waals surface area contributed by atoms with Crippen molar-refractivity contribution >= 4 is 5.78 Å². The molecule has 0 fully saturated rings. The molecule has 1 atom stereocenters. The third-order valence-corrected chi connectivity index (χ3v) is 2.07. The van der Waals surface area contributed by atoms with Gasteiger partial charge in [-0.05, 0) is 26.0 Å². The smallest absolute Gasteiger partial charge is 0.419 e. The molecule has 0 heterocycles. The van der Waals surface area contributed by atoms with E-state index in [4.69, 9.17) is 4.74 Å². The number of Topliss-reactive ketones (excluding diaryl/α,β-unsaturated/α-hetero) is 1. The van der Waals surface area contributed by atoms with E-state index < -0.39 is 17.8 Å². The average Bonchev–Trinajstić information content (AvgIpc) is 2.16. The Hall–Kier alpha value is -1.52. The van der Waals surface area contributed by atoms with Crippen LogP contribution in [0.5, 0.6) is 5.75 Å². The summed E-state index contributed by atoms with van der Waals surface area (Å²) in [5, 5.41) is 0. The monoisotopic (exact) mass is 232 g/mol. The number of carbonyl (C=O) groups excluding carboxylic acids is 1. The zero-order valence-electron chi connectivity index (χ0n) is 8.84. The van der Waals surface area contributed by atoms with Gasteiger partial charge in [-0.3, -0.25) is 4.79 Å². The maximum atomic E-state index is 12.5. The van der Waals surface area contributed by atoms with Crippen LogP contribution in [0.25, 0.3) is 0 Å². The van der Waals surface area contributed by atoms with E-state index in [1.54, 1.807) is 0 Å². The summed E-state index contributed by atoms with van der Waals surface area (Å²) in [4.78, 5) is 10.9. The maximum absolute atomic E-state index is 12.5. The molecule has 1 aromatic rings. The summed E-state index contributed by atoms with van der Waals surface area (Å²) < 4.78 is 42.6. The lowest BCUT2D eigenvalue weighted by Gasteiger charge is -2.16. The van der Waals surface area contributed by atoms with Gasteiger partial charge in [0.15, 0.2) is 11.9 Å². The Kier molecular flexibility index (Phi) is 3.57. The van der Waals surface area contributed by atoms with Crippen LogP contribution in [0.2, 0.25) is 0 Å². The summed E-state index contributed by atoms with van der Waals surface area (Å²) in [6.07, 6.45) is -5.36. The number of para-hydroxylation sites is 1. The Balaban J connectivity index is 3.01. The molecule has 88 valence electrons. The van der Waals surface area contributed by atoms with E-state index in [0.29, 0.717) is 0 Å². The topological polar surface area (TPSA) is 26.3 Å². The van der Waals surface area contributed by atoms with E-state index in [9.17, 15) is 18.0 Å². The molecular weight excluding hydrogens is 221 g/mol. The van der Waals surface area contributed by atoms with Gasteiger partial charge in [-0.25, -0.2) is 0 Å². The van der Waals surface area contributed by atoms with Crippen molar-refractivity contribution in [2.45, 2.75) is 26.1 Å². The molecule has 0 radical (unpaired) electrons. The van der Waals surface area contributed by atoms with Gasteiger partial charge < -0.3 is 4.74 Å². The van der Waals surface area contributed by atoms with Crippen LogP contribution in [-0.2, 0) is 11.0 Å². The second-order valence-electron chi connectivity index (χ2n) is 3.36. The molecule has 0 bridgehead atoms. The first kappa shape index (κ1) is 12.5. The molecule has 1 unspecified atom stereocenters. The minimum Gasteiger partial charge on any atom is -0.482 e. The van der Waals surface area contributed by atoms with Crippen LogP contribution in [0.15, 0.2) is 24.3 Å². The van der Waals surface area contributed by atoms with Gasteiger partial charge in [0.2, 0.25) is 0 Å². The summed E-state index contributed by atoms with van der Waals surface area (Å²) in [5.74, 6) is -0.644. The van der Waals surface area contributed by atoms with Gasteiger partial charge >= 0.3 is 6.18 Å². The minimum atomic E-state index is -4.48. The molecular formula is C11H11F3O2. The molecule has 16 heavy (non-hydrogen) atoms. The normalized spacial score (nSPS) is 13.3. The Bertz CT molecular complexity index is 385. The fraction of sp³-hybridized carbons (Fsp3) is 0.364. The predicted octanol–water partition coefficient (Wildman–Crippen LogP) is 3.06. The molecule has 1 aromatic carbocycles. The van der Waals surface area contributed by atoms with Crippen LogP contribution in [0.1, 0.15) is 19.4 Å². The Labute approximate surface area is 91.0 Å². The van der Waals surface area contributed by atoms with E-state index >= 15 is 0 Å². The molecule has 5 heteroatoms. The third kappa shape index (κ3) is 2.98. The average molecular weight is 232 g/mol. The van der Waals surface area contributed by atoms with Crippen molar-refractivity contribution < 1.29 is 22.7 Å². The lowest BCUT2D eigenvalue weighted by atomic mass is 10.2. The molecule has 0 saturated heterocycles. The number of benzene rings is 1. The van der Waals surface area contributed by atoms with Gasteiger partial charge in [0.25, 0.3) is 0 Å². The SMILES string of the molecule is CC(=O)C(C)Oc1ccccc1C(F)(F)F. The van der Waals surface area contributed by atoms with Crippen molar-refractivity contribution in [2.75, 3.05) is 0 Å². The largest absolute Gasteiger partial charge is 0.482 e. The number of ether oxygens (including phenoxy) is 1. The predicted molar refractivity (Wildman–Crippen MR) is 52.2 cm³/mol. The van der Waals surface area contributed by atoms with E-state index in [1.807, 2.05) is 0 Å². The number of hydrogen-bond acceptors (Lipinski definition) is 2. The Morgan fingerprint density at radius 1 is 1.31 bits per heavy atom. The van der Waals surface area contributed by atoms with Crippen LogP contribution in [0.3, 0.4) is 0 Å². The van der Waals surface area contributed by atoms with Crippen LogP contribution < -0.4 is 4.74 Å². The number of halogens is 3. The zero-order chi connectivity index (χ0) is 12.3. The first-order chi connectivity index (χ1) is 7.32. The molecule has 2 nitrogen and oxygen atoms in total. The number of hydrogen-bond donors (Lipinski definition) is 0. The van der Waals surface area contributed by atoms with Crippen molar-refractivity contribution in [3.05, 3.63) is 29.8 Å². The molecule has 0 aromatic heterocycles. The standard InChI is InChI=1S/C11H11F3O2/c1-7(15)8(2)16-10-6-4-3-5-9(10)11(12,13)14/h3-6,8H,1-2H3. The first-order valence-corrected chi connectivity index (χ1v) is 4.65. The third-order valence-electron chi connectivity index (χ3n) is 2.07. The van der Waals surface area contributed by atoms with Crippen molar-refractivity contribution in [3.63, 3.8) is 0 Å².